The number of ether oxygens (including phenoxy) is 1. The lowest BCUT2D eigenvalue weighted by Gasteiger charge is -2.22. The average Bonchev–Trinajstić information content (AvgIpc) is 2.39. The van der Waals surface area contributed by atoms with Crippen LogP contribution in [-0.4, -0.2) is 13.2 Å². The summed E-state index contributed by atoms with van der Waals surface area (Å²) in [4.78, 5) is 0. The van der Waals surface area contributed by atoms with Crippen LogP contribution in [0.25, 0.3) is 0 Å². The zero-order valence-electron chi connectivity index (χ0n) is 12.5. The number of halogens is 1. The van der Waals surface area contributed by atoms with Gasteiger partial charge in [0.25, 0.3) is 0 Å². The Labute approximate surface area is 116 Å². The molecule has 0 saturated carbocycles. The number of hydrogen-bond acceptors (Lipinski definition) is 2. The van der Waals surface area contributed by atoms with Gasteiger partial charge in [-0.2, -0.15) is 0 Å². The van der Waals surface area contributed by atoms with Crippen molar-refractivity contribution in [2.24, 2.45) is 0 Å². The first kappa shape index (κ1) is 16.0. The zero-order chi connectivity index (χ0) is 14.3. The topological polar surface area (TPSA) is 21.3 Å². The highest BCUT2D eigenvalue weighted by Crippen LogP contribution is 2.26. The van der Waals surface area contributed by atoms with E-state index in [4.69, 9.17) is 4.74 Å². The van der Waals surface area contributed by atoms with E-state index in [-0.39, 0.29) is 11.9 Å². The van der Waals surface area contributed by atoms with Gasteiger partial charge in [0.15, 0.2) is 0 Å². The van der Waals surface area contributed by atoms with E-state index in [1.54, 1.807) is 19.2 Å². The van der Waals surface area contributed by atoms with Gasteiger partial charge < -0.3 is 10.1 Å². The Bertz CT molecular complexity index is 381. The van der Waals surface area contributed by atoms with Crippen LogP contribution in [0.15, 0.2) is 18.2 Å². The predicted molar refractivity (Wildman–Crippen MR) is 78.1 cm³/mol. The number of hydrogen-bond donors (Lipinski definition) is 1. The van der Waals surface area contributed by atoms with E-state index in [2.05, 4.69) is 19.2 Å². The summed E-state index contributed by atoms with van der Waals surface area (Å²) in [6, 6.07) is 5.18. The summed E-state index contributed by atoms with van der Waals surface area (Å²) in [5, 5.41) is 3.51. The Hall–Kier alpha value is -1.09. The summed E-state index contributed by atoms with van der Waals surface area (Å²) in [7, 11) is 1.62. The molecule has 0 radical (unpaired) electrons. The summed E-state index contributed by atoms with van der Waals surface area (Å²) in [6.45, 7) is 6.43. The van der Waals surface area contributed by atoms with Crippen molar-refractivity contribution in [3.63, 3.8) is 0 Å². The van der Waals surface area contributed by atoms with Crippen molar-refractivity contribution in [3.8, 4) is 5.75 Å². The van der Waals surface area contributed by atoms with Crippen LogP contribution in [0.4, 0.5) is 4.39 Å². The van der Waals surface area contributed by atoms with Gasteiger partial charge in [-0.3, -0.25) is 0 Å². The maximum Gasteiger partial charge on any atom is 0.123 e. The van der Waals surface area contributed by atoms with Crippen molar-refractivity contribution < 1.29 is 9.13 Å². The second-order valence-corrected chi connectivity index (χ2v) is 5.17. The standard InChI is InChI=1S/C16H26FNO/c1-5-6-7-8-12(2)18-13(3)15-11-14(17)9-10-16(15)19-4/h9-13,18H,5-8H2,1-4H3. The van der Waals surface area contributed by atoms with Gasteiger partial charge in [0.05, 0.1) is 7.11 Å². The summed E-state index contributed by atoms with van der Waals surface area (Å²) in [5.41, 5.74) is 0.879. The lowest BCUT2D eigenvalue weighted by atomic mass is 10.0. The Morgan fingerprint density at radius 2 is 2.00 bits per heavy atom. The molecule has 0 fully saturated rings. The number of unbranched alkanes of at least 4 members (excludes halogenated alkanes) is 2. The van der Waals surface area contributed by atoms with E-state index < -0.39 is 0 Å². The first-order chi connectivity index (χ1) is 9.08. The molecule has 1 rings (SSSR count). The monoisotopic (exact) mass is 267 g/mol. The molecule has 0 bridgehead atoms. The smallest absolute Gasteiger partial charge is 0.123 e. The van der Waals surface area contributed by atoms with E-state index >= 15 is 0 Å². The Morgan fingerprint density at radius 3 is 2.63 bits per heavy atom. The molecule has 0 aliphatic carbocycles. The van der Waals surface area contributed by atoms with E-state index in [1.165, 1.54) is 25.3 Å². The predicted octanol–water partition coefficient (Wildman–Crippen LogP) is 4.45. The lowest BCUT2D eigenvalue weighted by molar-refractivity contribution is 0.388. The van der Waals surface area contributed by atoms with Crippen molar-refractivity contribution in [2.75, 3.05) is 7.11 Å². The highest BCUT2D eigenvalue weighted by molar-refractivity contribution is 5.36. The number of rotatable bonds is 8. The van der Waals surface area contributed by atoms with Crippen LogP contribution >= 0.6 is 0 Å². The van der Waals surface area contributed by atoms with E-state index in [9.17, 15) is 4.39 Å². The zero-order valence-corrected chi connectivity index (χ0v) is 12.5. The van der Waals surface area contributed by atoms with Gasteiger partial charge in [-0.15, -0.1) is 0 Å². The van der Waals surface area contributed by atoms with Gasteiger partial charge in [-0.05, 0) is 38.5 Å². The van der Waals surface area contributed by atoms with E-state index in [0.29, 0.717) is 6.04 Å². The summed E-state index contributed by atoms with van der Waals surface area (Å²) < 4.78 is 18.6. The third kappa shape index (κ3) is 5.19. The minimum absolute atomic E-state index is 0.0854. The molecule has 19 heavy (non-hydrogen) atoms. The van der Waals surface area contributed by atoms with Crippen LogP contribution in [0.2, 0.25) is 0 Å². The van der Waals surface area contributed by atoms with E-state index in [1.807, 2.05) is 6.92 Å². The van der Waals surface area contributed by atoms with Gasteiger partial charge in [0.1, 0.15) is 11.6 Å². The highest BCUT2D eigenvalue weighted by atomic mass is 19.1. The maximum atomic E-state index is 13.3. The second kappa shape index (κ2) is 8.16. The van der Waals surface area contributed by atoms with Crippen molar-refractivity contribution in [2.45, 2.75) is 58.5 Å². The molecular weight excluding hydrogens is 241 g/mol. The molecule has 1 aromatic rings. The highest BCUT2D eigenvalue weighted by Gasteiger charge is 2.14. The van der Waals surface area contributed by atoms with Gasteiger partial charge in [0.2, 0.25) is 0 Å². The first-order valence-electron chi connectivity index (χ1n) is 7.18. The summed E-state index contributed by atoms with van der Waals surface area (Å²) >= 11 is 0. The molecule has 0 amide bonds. The first-order valence-corrected chi connectivity index (χ1v) is 7.18. The minimum Gasteiger partial charge on any atom is -0.496 e. The Balaban J connectivity index is 2.61. The number of nitrogens with one attached hydrogen (secondary N) is 1. The fourth-order valence-electron chi connectivity index (χ4n) is 2.34. The van der Waals surface area contributed by atoms with Crippen LogP contribution < -0.4 is 10.1 Å². The average molecular weight is 267 g/mol. The Morgan fingerprint density at radius 1 is 1.26 bits per heavy atom. The second-order valence-electron chi connectivity index (χ2n) is 5.17. The minimum atomic E-state index is -0.219. The van der Waals surface area contributed by atoms with Crippen LogP contribution in [0.1, 0.15) is 58.1 Å². The Kier molecular flexibility index (Phi) is 6.85. The van der Waals surface area contributed by atoms with Crippen molar-refractivity contribution in [3.05, 3.63) is 29.6 Å². The molecule has 0 saturated heterocycles. The SMILES string of the molecule is CCCCCC(C)NC(C)c1cc(F)ccc1OC. The third-order valence-corrected chi connectivity index (χ3v) is 3.43. The van der Waals surface area contributed by atoms with Crippen LogP contribution in [0, 0.1) is 5.82 Å². The molecular formula is C16H26FNO. The fourth-order valence-corrected chi connectivity index (χ4v) is 2.34. The number of benzene rings is 1. The van der Waals surface area contributed by atoms with Gasteiger partial charge in [-0.25, -0.2) is 4.39 Å². The number of methoxy groups -OCH3 is 1. The molecule has 108 valence electrons. The molecule has 2 nitrogen and oxygen atoms in total. The van der Waals surface area contributed by atoms with Gasteiger partial charge in [0, 0.05) is 17.6 Å². The molecule has 2 unspecified atom stereocenters. The van der Waals surface area contributed by atoms with Gasteiger partial charge >= 0.3 is 0 Å². The fraction of sp³-hybridized carbons (Fsp3) is 0.625. The summed E-state index contributed by atoms with van der Waals surface area (Å²) in [6.07, 6.45) is 4.89. The van der Waals surface area contributed by atoms with Crippen molar-refractivity contribution in [1.82, 2.24) is 5.32 Å². The van der Waals surface area contributed by atoms with Gasteiger partial charge in [-0.1, -0.05) is 26.2 Å². The molecule has 0 aliphatic heterocycles. The summed E-state index contributed by atoms with van der Waals surface area (Å²) in [5.74, 6) is 0.519. The molecule has 0 spiro atoms. The lowest BCUT2D eigenvalue weighted by Crippen LogP contribution is -2.29. The van der Waals surface area contributed by atoms with Crippen molar-refractivity contribution >= 4 is 0 Å². The molecule has 1 N–H and O–H groups in total. The van der Waals surface area contributed by atoms with E-state index in [0.717, 1.165) is 17.7 Å². The molecule has 2 atom stereocenters. The molecule has 0 heterocycles. The normalized spacial score (nSPS) is 14.2. The molecule has 3 heteroatoms. The van der Waals surface area contributed by atoms with Crippen LogP contribution in [0.3, 0.4) is 0 Å². The molecule has 0 aromatic heterocycles. The van der Waals surface area contributed by atoms with Crippen molar-refractivity contribution in [1.29, 1.82) is 0 Å². The third-order valence-electron chi connectivity index (χ3n) is 3.43. The largest absolute Gasteiger partial charge is 0.496 e. The van der Waals surface area contributed by atoms with Crippen LogP contribution in [-0.2, 0) is 0 Å². The van der Waals surface area contributed by atoms with Crippen LogP contribution in [0.5, 0.6) is 5.75 Å². The maximum absolute atomic E-state index is 13.3. The molecule has 1 aromatic carbocycles. The molecule has 0 aliphatic rings. The quantitative estimate of drug-likeness (QED) is 0.702.